The quantitative estimate of drug-likeness (QED) is 0.824. The number of rotatable bonds is 2. The van der Waals surface area contributed by atoms with E-state index in [0.717, 1.165) is 25.1 Å². The summed E-state index contributed by atoms with van der Waals surface area (Å²) in [5.74, 6) is -0.780. The lowest BCUT2D eigenvalue weighted by molar-refractivity contribution is -0.144. The van der Waals surface area contributed by atoms with Crippen molar-refractivity contribution in [3.05, 3.63) is 35.9 Å². The van der Waals surface area contributed by atoms with Crippen LogP contribution in [0.4, 0.5) is 0 Å². The first-order valence-corrected chi connectivity index (χ1v) is 5.65. The smallest absolute Gasteiger partial charge is 0.307 e. The minimum Gasteiger partial charge on any atom is -0.481 e. The van der Waals surface area contributed by atoms with Gasteiger partial charge in [-0.25, -0.2) is 0 Å². The number of likely N-dealkylation sites (N-methyl/N-ethyl adjacent to an activating group) is 1. The van der Waals surface area contributed by atoms with Crippen molar-refractivity contribution >= 4 is 5.97 Å². The van der Waals surface area contributed by atoms with Crippen LogP contribution in [0.15, 0.2) is 30.3 Å². The molecular weight excluding hydrogens is 202 g/mol. The summed E-state index contributed by atoms with van der Waals surface area (Å²) >= 11 is 0. The first-order valence-electron chi connectivity index (χ1n) is 5.65. The van der Waals surface area contributed by atoms with Crippen LogP contribution in [0.1, 0.15) is 17.9 Å². The fourth-order valence-corrected chi connectivity index (χ4v) is 2.45. The minimum absolute atomic E-state index is 0.123. The molecule has 2 unspecified atom stereocenters. The molecule has 0 amide bonds. The molecule has 86 valence electrons. The summed E-state index contributed by atoms with van der Waals surface area (Å²) in [6.45, 7) is 1.71. The maximum atomic E-state index is 11.2. The first-order chi connectivity index (χ1) is 7.68. The topological polar surface area (TPSA) is 40.5 Å². The molecule has 2 atom stereocenters. The summed E-state index contributed by atoms with van der Waals surface area (Å²) in [6.07, 6.45) is 0.741. The minimum atomic E-state index is -0.665. The lowest BCUT2D eigenvalue weighted by atomic mass is 9.81. The van der Waals surface area contributed by atoms with Gasteiger partial charge >= 0.3 is 5.97 Å². The van der Waals surface area contributed by atoms with Crippen LogP contribution >= 0.6 is 0 Å². The van der Waals surface area contributed by atoms with Crippen LogP contribution in [-0.2, 0) is 4.79 Å². The van der Waals surface area contributed by atoms with E-state index >= 15 is 0 Å². The molecule has 0 radical (unpaired) electrons. The van der Waals surface area contributed by atoms with E-state index in [-0.39, 0.29) is 11.8 Å². The largest absolute Gasteiger partial charge is 0.481 e. The molecular formula is C13H17NO2. The molecule has 0 aliphatic carbocycles. The maximum Gasteiger partial charge on any atom is 0.307 e. The van der Waals surface area contributed by atoms with Gasteiger partial charge in [0.2, 0.25) is 0 Å². The van der Waals surface area contributed by atoms with Gasteiger partial charge < -0.3 is 10.0 Å². The second-order valence-corrected chi connectivity index (χ2v) is 4.51. The van der Waals surface area contributed by atoms with E-state index in [2.05, 4.69) is 4.90 Å². The number of likely N-dealkylation sites (tertiary alicyclic amines) is 1. The highest BCUT2D eigenvalue weighted by Crippen LogP contribution is 2.31. The Bertz CT molecular complexity index is 363. The highest BCUT2D eigenvalue weighted by Gasteiger charge is 2.33. The summed E-state index contributed by atoms with van der Waals surface area (Å²) in [5.41, 5.74) is 1.14. The van der Waals surface area contributed by atoms with Gasteiger partial charge in [0.25, 0.3) is 0 Å². The summed E-state index contributed by atoms with van der Waals surface area (Å²) in [6, 6.07) is 9.97. The molecule has 3 heteroatoms. The maximum absolute atomic E-state index is 11.2. The Labute approximate surface area is 95.7 Å². The molecule has 1 aliphatic heterocycles. The summed E-state index contributed by atoms with van der Waals surface area (Å²) in [5, 5.41) is 9.24. The summed E-state index contributed by atoms with van der Waals surface area (Å²) in [4.78, 5) is 13.4. The third-order valence-electron chi connectivity index (χ3n) is 3.36. The number of benzene rings is 1. The molecule has 0 bridgehead atoms. The van der Waals surface area contributed by atoms with E-state index in [9.17, 15) is 9.90 Å². The Kier molecular flexibility index (Phi) is 3.25. The van der Waals surface area contributed by atoms with Crippen LogP contribution in [-0.4, -0.2) is 36.1 Å². The van der Waals surface area contributed by atoms with Gasteiger partial charge in [0.1, 0.15) is 0 Å². The molecule has 2 rings (SSSR count). The van der Waals surface area contributed by atoms with Crippen molar-refractivity contribution in [2.45, 2.75) is 12.3 Å². The van der Waals surface area contributed by atoms with Gasteiger partial charge in [-0.05, 0) is 25.6 Å². The van der Waals surface area contributed by atoms with Crippen LogP contribution in [0, 0.1) is 5.92 Å². The van der Waals surface area contributed by atoms with E-state index in [1.807, 2.05) is 37.4 Å². The Hall–Kier alpha value is -1.35. The number of nitrogens with zero attached hydrogens (tertiary/aromatic N) is 1. The van der Waals surface area contributed by atoms with E-state index < -0.39 is 5.97 Å². The molecule has 16 heavy (non-hydrogen) atoms. The van der Waals surface area contributed by atoms with Crippen LogP contribution in [0.3, 0.4) is 0 Å². The van der Waals surface area contributed by atoms with Gasteiger partial charge in [0.15, 0.2) is 0 Å². The van der Waals surface area contributed by atoms with Crippen molar-refractivity contribution in [2.24, 2.45) is 5.92 Å². The monoisotopic (exact) mass is 219 g/mol. The normalized spacial score (nSPS) is 26.6. The van der Waals surface area contributed by atoms with Crippen LogP contribution in [0.5, 0.6) is 0 Å². The highest BCUT2D eigenvalue weighted by molar-refractivity contribution is 5.71. The molecule has 1 saturated heterocycles. The fraction of sp³-hybridized carbons (Fsp3) is 0.462. The predicted molar refractivity (Wildman–Crippen MR) is 62.4 cm³/mol. The third kappa shape index (κ3) is 2.25. The van der Waals surface area contributed by atoms with Crippen molar-refractivity contribution in [3.8, 4) is 0 Å². The van der Waals surface area contributed by atoms with Gasteiger partial charge in [-0.15, -0.1) is 0 Å². The molecule has 1 fully saturated rings. The van der Waals surface area contributed by atoms with E-state index in [4.69, 9.17) is 0 Å². The van der Waals surface area contributed by atoms with Crippen LogP contribution in [0.2, 0.25) is 0 Å². The van der Waals surface area contributed by atoms with E-state index in [0.29, 0.717) is 0 Å². The van der Waals surface area contributed by atoms with E-state index in [1.165, 1.54) is 0 Å². The predicted octanol–water partition coefficient (Wildman–Crippen LogP) is 1.81. The Balaban J connectivity index is 2.24. The molecule has 3 nitrogen and oxygen atoms in total. The standard InChI is InChI=1S/C13H17NO2/c1-14-8-7-11(13(15)16)12(9-14)10-5-3-2-4-6-10/h2-6,11-12H,7-9H2,1H3,(H,15,16). The summed E-state index contributed by atoms with van der Waals surface area (Å²) in [7, 11) is 2.05. The number of hydrogen-bond acceptors (Lipinski definition) is 2. The van der Waals surface area contributed by atoms with Gasteiger partial charge in [-0.3, -0.25) is 4.79 Å². The highest BCUT2D eigenvalue weighted by atomic mass is 16.4. The van der Waals surface area contributed by atoms with Gasteiger partial charge in [-0.1, -0.05) is 30.3 Å². The Morgan fingerprint density at radius 2 is 2.06 bits per heavy atom. The second-order valence-electron chi connectivity index (χ2n) is 4.51. The lowest BCUT2D eigenvalue weighted by Gasteiger charge is -2.34. The number of aliphatic carboxylic acids is 1. The lowest BCUT2D eigenvalue weighted by Crippen LogP contribution is -2.39. The van der Waals surface area contributed by atoms with Gasteiger partial charge in [0.05, 0.1) is 5.92 Å². The number of hydrogen-bond donors (Lipinski definition) is 1. The second kappa shape index (κ2) is 4.66. The Morgan fingerprint density at radius 3 is 2.69 bits per heavy atom. The van der Waals surface area contributed by atoms with Gasteiger partial charge in [-0.2, -0.15) is 0 Å². The van der Waals surface area contributed by atoms with E-state index in [1.54, 1.807) is 0 Å². The van der Waals surface area contributed by atoms with Crippen molar-refractivity contribution < 1.29 is 9.90 Å². The van der Waals surface area contributed by atoms with Crippen molar-refractivity contribution in [1.29, 1.82) is 0 Å². The fourth-order valence-electron chi connectivity index (χ4n) is 2.45. The average Bonchev–Trinajstić information content (AvgIpc) is 2.29. The molecule has 0 aromatic heterocycles. The number of carboxylic acids is 1. The van der Waals surface area contributed by atoms with Crippen molar-refractivity contribution in [2.75, 3.05) is 20.1 Å². The zero-order valence-electron chi connectivity index (χ0n) is 9.47. The van der Waals surface area contributed by atoms with Gasteiger partial charge in [0, 0.05) is 12.5 Å². The molecule has 0 spiro atoms. The molecule has 1 N–H and O–H groups in total. The third-order valence-corrected chi connectivity index (χ3v) is 3.36. The average molecular weight is 219 g/mol. The molecule has 1 aromatic carbocycles. The number of carboxylic acid groups (broad SMARTS) is 1. The van der Waals surface area contributed by atoms with Crippen molar-refractivity contribution in [1.82, 2.24) is 4.90 Å². The molecule has 1 heterocycles. The SMILES string of the molecule is CN1CCC(C(=O)O)C(c2ccccc2)C1. The summed E-state index contributed by atoms with van der Waals surface area (Å²) < 4.78 is 0. The molecule has 1 aromatic rings. The number of piperidine rings is 1. The zero-order valence-corrected chi connectivity index (χ0v) is 9.47. The van der Waals surface area contributed by atoms with Crippen molar-refractivity contribution in [3.63, 3.8) is 0 Å². The Morgan fingerprint density at radius 1 is 1.38 bits per heavy atom. The van der Waals surface area contributed by atoms with Crippen LogP contribution < -0.4 is 0 Å². The first kappa shape index (κ1) is 11.1. The van der Waals surface area contributed by atoms with Crippen LogP contribution in [0.25, 0.3) is 0 Å². The molecule has 1 aliphatic rings. The molecule has 0 saturated carbocycles. The zero-order chi connectivity index (χ0) is 11.5. The number of carbonyl (C=O) groups is 1.